The summed E-state index contributed by atoms with van der Waals surface area (Å²) >= 11 is 12.0. The van der Waals surface area contributed by atoms with Gasteiger partial charge in [-0.05, 0) is 19.9 Å². The van der Waals surface area contributed by atoms with E-state index in [-0.39, 0.29) is 45.4 Å². The van der Waals surface area contributed by atoms with Crippen molar-refractivity contribution in [1.29, 1.82) is 0 Å². The molecule has 0 unspecified atom stereocenters. The number of halogens is 5. The van der Waals surface area contributed by atoms with Crippen LogP contribution in [0, 0.1) is 0 Å². The van der Waals surface area contributed by atoms with Gasteiger partial charge >= 0.3 is 12.2 Å². The highest BCUT2D eigenvalue weighted by Gasteiger charge is 2.60. The maximum atomic E-state index is 14.1. The third-order valence-electron chi connectivity index (χ3n) is 5.11. The van der Waals surface area contributed by atoms with Crippen molar-refractivity contribution in [2.75, 3.05) is 23.4 Å². The number of carbonyl (C=O) groups excluding carboxylic acids is 1. The van der Waals surface area contributed by atoms with Gasteiger partial charge in [0, 0.05) is 12.6 Å². The highest BCUT2D eigenvalue weighted by atomic mass is 35.5. The summed E-state index contributed by atoms with van der Waals surface area (Å²) in [4.78, 5) is 21.9. The zero-order valence-corrected chi connectivity index (χ0v) is 18.7. The number of nitrogens with zero attached hydrogens (tertiary/aromatic N) is 5. The number of aromatic nitrogens is 4. The molecule has 33 heavy (non-hydrogen) atoms. The van der Waals surface area contributed by atoms with Crippen LogP contribution in [0.2, 0.25) is 10.2 Å². The van der Waals surface area contributed by atoms with Crippen LogP contribution in [0.1, 0.15) is 19.5 Å². The number of alkyl halides is 3. The van der Waals surface area contributed by atoms with E-state index in [1.807, 2.05) is 0 Å². The molecular formula is C19H17Cl2F3N6O3. The maximum absolute atomic E-state index is 14.1. The predicted octanol–water partition coefficient (Wildman–Crippen LogP) is 4.06. The number of amides is 2. The van der Waals surface area contributed by atoms with E-state index in [0.29, 0.717) is 0 Å². The van der Waals surface area contributed by atoms with Crippen LogP contribution in [0.5, 0.6) is 5.88 Å². The summed E-state index contributed by atoms with van der Waals surface area (Å²) in [6.07, 6.45) is -3.03. The van der Waals surface area contributed by atoms with Crippen molar-refractivity contribution in [3.05, 3.63) is 40.4 Å². The monoisotopic (exact) mass is 504 g/mol. The van der Waals surface area contributed by atoms with Gasteiger partial charge in [-0.15, -0.1) is 0 Å². The summed E-state index contributed by atoms with van der Waals surface area (Å²) < 4.78 is 48.7. The molecule has 0 saturated carbocycles. The SMILES string of the molecule is C[C@H](O)COc1ncc(NC(=O)N2C[C@@](C)(C(F)(F)F)c3c2cnc2cc(Cl)nn32)cc1Cl. The Morgan fingerprint density at radius 1 is 1.33 bits per heavy atom. The molecule has 176 valence electrons. The smallest absolute Gasteiger partial charge is 0.401 e. The number of nitrogens with one attached hydrogen (secondary N) is 1. The van der Waals surface area contributed by atoms with Gasteiger partial charge in [-0.3, -0.25) is 4.90 Å². The molecule has 3 aromatic rings. The predicted molar refractivity (Wildman–Crippen MR) is 114 cm³/mol. The Labute approximate surface area is 195 Å². The quantitative estimate of drug-likeness (QED) is 0.554. The van der Waals surface area contributed by atoms with E-state index in [1.165, 1.54) is 31.5 Å². The molecule has 0 fully saturated rings. The van der Waals surface area contributed by atoms with E-state index in [2.05, 4.69) is 20.4 Å². The van der Waals surface area contributed by atoms with Gasteiger partial charge in [0.15, 0.2) is 10.8 Å². The summed E-state index contributed by atoms with van der Waals surface area (Å²) in [5.74, 6) is 0.0360. The van der Waals surface area contributed by atoms with Crippen molar-refractivity contribution >= 4 is 46.3 Å². The molecule has 1 aliphatic heterocycles. The van der Waals surface area contributed by atoms with Gasteiger partial charge in [-0.2, -0.15) is 18.3 Å². The van der Waals surface area contributed by atoms with Crippen LogP contribution in [0.25, 0.3) is 5.65 Å². The minimum absolute atomic E-state index is 0.0260. The fourth-order valence-electron chi connectivity index (χ4n) is 3.48. The number of ether oxygens (including phenoxy) is 1. The van der Waals surface area contributed by atoms with Crippen LogP contribution in [-0.2, 0) is 5.41 Å². The van der Waals surface area contributed by atoms with Gasteiger partial charge in [-0.1, -0.05) is 23.2 Å². The first-order chi connectivity index (χ1) is 15.4. The molecule has 0 aliphatic carbocycles. The molecule has 1 aliphatic rings. The maximum Gasteiger partial charge on any atom is 0.401 e. The average molecular weight is 505 g/mol. The third-order valence-corrected chi connectivity index (χ3v) is 5.57. The fraction of sp³-hybridized carbons (Fsp3) is 0.368. The number of pyridine rings is 1. The van der Waals surface area contributed by atoms with Crippen LogP contribution in [0.15, 0.2) is 24.5 Å². The van der Waals surface area contributed by atoms with E-state index in [4.69, 9.17) is 27.9 Å². The molecule has 4 rings (SSSR count). The first kappa shape index (κ1) is 23.3. The number of urea groups is 1. The lowest BCUT2D eigenvalue weighted by molar-refractivity contribution is -0.181. The lowest BCUT2D eigenvalue weighted by Crippen LogP contribution is -2.46. The van der Waals surface area contributed by atoms with Gasteiger partial charge in [0.25, 0.3) is 0 Å². The Kier molecular flexibility index (Phi) is 5.79. The highest BCUT2D eigenvalue weighted by molar-refractivity contribution is 6.32. The second-order valence-corrected chi connectivity index (χ2v) is 8.54. The molecule has 2 atom stereocenters. The number of carbonyl (C=O) groups is 1. The topological polar surface area (TPSA) is 105 Å². The van der Waals surface area contributed by atoms with Gasteiger partial charge in [-0.25, -0.2) is 19.3 Å². The van der Waals surface area contributed by atoms with Crippen molar-refractivity contribution in [3.63, 3.8) is 0 Å². The van der Waals surface area contributed by atoms with Gasteiger partial charge in [0.05, 0.1) is 35.6 Å². The lowest BCUT2D eigenvalue weighted by atomic mass is 9.88. The Hall–Kier alpha value is -2.83. The van der Waals surface area contributed by atoms with Crippen molar-refractivity contribution in [2.24, 2.45) is 0 Å². The van der Waals surface area contributed by atoms with Crippen LogP contribution < -0.4 is 15.0 Å². The van der Waals surface area contributed by atoms with Crippen molar-refractivity contribution in [1.82, 2.24) is 19.6 Å². The summed E-state index contributed by atoms with van der Waals surface area (Å²) in [6, 6.07) is 1.81. The molecule has 0 saturated heterocycles. The molecule has 2 amide bonds. The van der Waals surface area contributed by atoms with E-state index < -0.39 is 30.3 Å². The number of anilines is 2. The van der Waals surface area contributed by atoms with Crippen LogP contribution in [0.3, 0.4) is 0 Å². The van der Waals surface area contributed by atoms with Gasteiger partial charge in [0.1, 0.15) is 17.0 Å². The molecule has 2 N–H and O–H groups in total. The van der Waals surface area contributed by atoms with Gasteiger partial charge in [0.2, 0.25) is 5.88 Å². The molecule has 0 bridgehead atoms. The summed E-state index contributed by atoms with van der Waals surface area (Å²) in [5.41, 5.74) is -2.48. The molecule has 0 radical (unpaired) electrons. The Morgan fingerprint density at radius 3 is 2.70 bits per heavy atom. The minimum Gasteiger partial charge on any atom is -0.474 e. The second-order valence-electron chi connectivity index (χ2n) is 7.75. The average Bonchev–Trinajstić information content (AvgIpc) is 3.24. The molecule has 3 aromatic heterocycles. The number of aliphatic hydroxyl groups is 1. The number of hydrogen-bond donors (Lipinski definition) is 2. The van der Waals surface area contributed by atoms with Crippen molar-refractivity contribution in [2.45, 2.75) is 31.5 Å². The molecule has 9 nitrogen and oxygen atoms in total. The number of hydrogen-bond acceptors (Lipinski definition) is 6. The van der Waals surface area contributed by atoms with Crippen molar-refractivity contribution < 1.29 is 27.8 Å². The first-order valence-electron chi connectivity index (χ1n) is 9.57. The molecule has 0 aromatic carbocycles. The van der Waals surface area contributed by atoms with E-state index >= 15 is 0 Å². The summed E-state index contributed by atoms with van der Waals surface area (Å²) in [5, 5.41) is 15.7. The largest absolute Gasteiger partial charge is 0.474 e. The zero-order chi connectivity index (χ0) is 24.1. The molecule has 0 spiro atoms. The third kappa shape index (κ3) is 4.13. The molecular weight excluding hydrogens is 488 g/mol. The molecule has 4 heterocycles. The van der Waals surface area contributed by atoms with Crippen LogP contribution >= 0.6 is 23.2 Å². The zero-order valence-electron chi connectivity index (χ0n) is 17.2. The summed E-state index contributed by atoms with van der Waals surface area (Å²) in [6.45, 7) is 1.76. The number of fused-ring (bicyclic) bond motifs is 3. The Morgan fingerprint density at radius 2 is 2.06 bits per heavy atom. The van der Waals surface area contributed by atoms with Crippen molar-refractivity contribution in [3.8, 4) is 5.88 Å². The first-order valence-corrected chi connectivity index (χ1v) is 10.3. The second kappa shape index (κ2) is 8.19. The summed E-state index contributed by atoms with van der Waals surface area (Å²) in [7, 11) is 0. The minimum atomic E-state index is -4.70. The Balaban J connectivity index is 1.66. The van der Waals surface area contributed by atoms with Crippen LogP contribution in [-0.4, -0.2) is 56.2 Å². The number of aliphatic hydroxyl groups excluding tert-OH is 1. The normalized spacial score (nSPS) is 19.0. The molecule has 14 heteroatoms. The van der Waals surface area contributed by atoms with Crippen LogP contribution in [0.4, 0.5) is 29.3 Å². The number of rotatable bonds is 4. The van der Waals surface area contributed by atoms with E-state index in [1.54, 1.807) is 0 Å². The lowest BCUT2D eigenvalue weighted by Gasteiger charge is -2.28. The van der Waals surface area contributed by atoms with Gasteiger partial charge < -0.3 is 15.2 Å². The van der Waals surface area contributed by atoms with E-state index in [0.717, 1.165) is 16.3 Å². The van der Waals surface area contributed by atoms with E-state index in [9.17, 15) is 23.1 Å². The fourth-order valence-corrected chi connectivity index (χ4v) is 3.88. The standard InChI is InChI=1S/C19H17Cl2F3N6O3/c1-9(31)7-33-16-11(20)3-10(5-26-16)27-17(32)29-8-18(2,19(22,23)24)15-12(29)6-25-14-4-13(21)28-30(14)15/h3-6,9,31H,7-8H2,1-2H3,(H,27,32)/t9-,18+/m0/s1. The Bertz CT molecular complexity index is 1240. The highest BCUT2D eigenvalue weighted by Crippen LogP contribution is 2.50.